The Morgan fingerprint density at radius 3 is 2.45 bits per heavy atom. The van der Waals surface area contributed by atoms with Crippen LogP contribution in [0.3, 0.4) is 0 Å². The third-order valence-corrected chi connectivity index (χ3v) is 7.02. The van der Waals surface area contributed by atoms with Gasteiger partial charge in [0, 0.05) is 0 Å². The fourth-order valence-corrected chi connectivity index (χ4v) is 4.94. The molecule has 168 valence electrons. The predicted octanol–water partition coefficient (Wildman–Crippen LogP) is 4.97. The summed E-state index contributed by atoms with van der Waals surface area (Å²) in [6, 6.07) is 10.4. The highest BCUT2D eigenvalue weighted by molar-refractivity contribution is 7.15. The van der Waals surface area contributed by atoms with Gasteiger partial charge >= 0.3 is 0 Å². The maximum atomic E-state index is 13.7. The summed E-state index contributed by atoms with van der Waals surface area (Å²) in [7, 11) is 0. The molecule has 0 N–H and O–H groups in total. The first kappa shape index (κ1) is 21.3. The molecule has 0 spiro atoms. The van der Waals surface area contributed by atoms with Gasteiger partial charge in [0.15, 0.2) is 5.43 Å². The van der Waals surface area contributed by atoms with Crippen LogP contribution in [-0.2, 0) is 6.42 Å². The van der Waals surface area contributed by atoms with E-state index in [1.165, 1.54) is 16.2 Å². The lowest BCUT2D eigenvalue weighted by Gasteiger charge is -2.22. The Morgan fingerprint density at radius 1 is 1.06 bits per heavy atom. The predicted molar refractivity (Wildman–Crippen MR) is 128 cm³/mol. The Kier molecular flexibility index (Phi) is 5.25. The molecule has 3 heterocycles. The SMILES string of the molecule is CCOc1ccc(C2c3c(oc4cc(C)c(C)cc4c3=O)C(=O)N2c2nnc(CC)s2)cc1. The third-order valence-electron chi connectivity index (χ3n) is 5.96. The first-order valence-electron chi connectivity index (χ1n) is 10.9. The molecule has 0 fully saturated rings. The number of ether oxygens (including phenoxy) is 1. The third kappa shape index (κ3) is 3.41. The van der Waals surface area contributed by atoms with E-state index in [0.717, 1.165) is 27.4 Å². The van der Waals surface area contributed by atoms with Crippen molar-refractivity contribution in [2.45, 2.75) is 40.2 Å². The molecule has 8 heteroatoms. The van der Waals surface area contributed by atoms with Crippen molar-refractivity contribution in [1.82, 2.24) is 10.2 Å². The first-order chi connectivity index (χ1) is 15.9. The van der Waals surface area contributed by atoms with E-state index >= 15 is 0 Å². The van der Waals surface area contributed by atoms with Crippen molar-refractivity contribution in [3.05, 3.63) is 79.6 Å². The summed E-state index contributed by atoms with van der Waals surface area (Å²) >= 11 is 1.34. The van der Waals surface area contributed by atoms with Gasteiger partial charge in [-0.3, -0.25) is 14.5 Å². The molecule has 5 rings (SSSR count). The Morgan fingerprint density at radius 2 is 1.79 bits per heavy atom. The summed E-state index contributed by atoms with van der Waals surface area (Å²) in [6.45, 7) is 8.36. The Bertz CT molecular complexity index is 1440. The number of hydrogen-bond acceptors (Lipinski definition) is 7. The molecule has 0 radical (unpaired) electrons. The van der Waals surface area contributed by atoms with E-state index in [-0.39, 0.29) is 17.1 Å². The van der Waals surface area contributed by atoms with E-state index < -0.39 is 6.04 Å². The molecule has 1 aliphatic rings. The van der Waals surface area contributed by atoms with Crippen LogP contribution < -0.4 is 15.1 Å². The van der Waals surface area contributed by atoms with Gasteiger partial charge in [-0.2, -0.15) is 0 Å². The van der Waals surface area contributed by atoms with Gasteiger partial charge in [-0.25, -0.2) is 0 Å². The van der Waals surface area contributed by atoms with Crippen LogP contribution in [0.5, 0.6) is 5.75 Å². The zero-order chi connectivity index (χ0) is 23.3. The van der Waals surface area contributed by atoms with Gasteiger partial charge in [0.1, 0.15) is 16.3 Å². The lowest BCUT2D eigenvalue weighted by atomic mass is 9.97. The molecule has 2 aromatic carbocycles. The van der Waals surface area contributed by atoms with Crippen LogP contribution in [0.1, 0.15) is 57.7 Å². The zero-order valence-electron chi connectivity index (χ0n) is 18.8. The van der Waals surface area contributed by atoms with Crippen molar-refractivity contribution in [3.8, 4) is 5.75 Å². The average Bonchev–Trinajstić information content (AvgIpc) is 3.39. The van der Waals surface area contributed by atoms with Crippen LogP contribution in [0.4, 0.5) is 5.13 Å². The maximum absolute atomic E-state index is 13.7. The van der Waals surface area contributed by atoms with Crippen molar-refractivity contribution in [3.63, 3.8) is 0 Å². The minimum Gasteiger partial charge on any atom is -0.494 e. The smallest absolute Gasteiger partial charge is 0.297 e. The van der Waals surface area contributed by atoms with Crippen LogP contribution in [0, 0.1) is 13.8 Å². The Hall–Kier alpha value is -3.52. The molecule has 1 atom stereocenters. The summed E-state index contributed by atoms with van der Waals surface area (Å²) in [5, 5.41) is 10.2. The molecule has 0 saturated carbocycles. The second kappa shape index (κ2) is 8.12. The molecule has 1 aliphatic heterocycles. The monoisotopic (exact) mass is 461 g/mol. The van der Waals surface area contributed by atoms with Gasteiger partial charge in [-0.05, 0) is 68.1 Å². The molecule has 1 unspecified atom stereocenters. The van der Waals surface area contributed by atoms with Gasteiger partial charge in [0.05, 0.1) is 23.6 Å². The van der Waals surface area contributed by atoms with E-state index in [1.807, 2.05) is 64.1 Å². The van der Waals surface area contributed by atoms with Crippen LogP contribution in [0.25, 0.3) is 11.0 Å². The maximum Gasteiger partial charge on any atom is 0.297 e. The van der Waals surface area contributed by atoms with Crippen molar-refractivity contribution < 1.29 is 13.9 Å². The molecule has 2 aromatic heterocycles. The number of fused-ring (bicyclic) bond motifs is 2. The molecular weight excluding hydrogens is 438 g/mol. The molecule has 7 nitrogen and oxygen atoms in total. The fourth-order valence-electron chi connectivity index (χ4n) is 4.14. The Balaban J connectivity index is 1.76. The summed E-state index contributed by atoms with van der Waals surface area (Å²) in [5.41, 5.74) is 3.29. The van der Waals surface area contributed by atoms with Crippen molar-refractivity contribution in [2.24, 2.45) is 0 Å². The normalized spacial score (nSPS) is 15.3. The second-order valence-corrected chi connectivity index (χ2v) is 9.06. The summed E-state index contributed by atoms with van der Waals surface area (Å²) in [6.07, 6.45) is 0.708. The van der Waals surface area contributed by atoms with E-state index in [0.29, 0.717) is 34.7 Å². The van der Waals surface area contributed by atoms with Crippen LogP contribution in [0.2, 0.25) is 0 Å². The van der Waals surface area contributed by atoms with Gasteiger partial charge in [0.25, 0.3) is 5.91 Å². The number of carbonyl (C=O) groups excluding carboxylic acids is 1. The fraction of sp³-hybridized carbons (Fsp3) is 0.280. The van der Waals surface area contributed by atoms with Gasteiger partial charge in [0.2, 0.25) is 10.9 Å². The van der Waals surface area contributed by atoms with Crippen molar-refractivity contribution in [2.75, 3.05) is 11.5 Å². The standard InChI is InChI=1S/C25H23N3O4S/c1-5-19-26-27-25(33-19)28-21(15-7-9-16(10-8-15)31-6-2)20-22(29)17-11-13(3)14(4)12-18(17)32-23(20)24(28)30/h7-12,21H,5-6H2,1-4H3. The number of hydrogen-bond donors (Lipinski definition) is 0. The highest BCUT2D eigenvalue weighted by Crippen LogP contribution is 2.42. The van der Waals surface area contributed by atoms with E-state index in [4.69, 9.17) is 9.15 Å². The second-order valence-electron chi connectivity index (χ2n) is 8.02. The molecule has 4 aromatic rings. The van der Waals surface area contributed by atoms with E-state index in [9.17, 15) is 9.59 Å². The number of amides is 1. The van der Waals surface area contributed by atoms with Gasteiger partial charge < -0.3 is 9.15 Å². The number of nitrogens with zero attached hydrogens (tertiary/aromatic N) is 3. The quantitative estimate of drug-likeness (QED) is 0.417. The minimum absolute atomic E-state index is 0.0582. The molecule has 1 amide bonds. The highest BCUT2D eigenvalue weighted by Gasteiger charge is 2.45. The number of aromatic nitrogens is 2. The zero-order valence-corrected chi connectivity index (χ0v) is 19.7. The Labute approximate surface area is 194 Å². The number of carbonyl (C=O) groups is 1. The molecule has 0 saturated heterocycles. The van der Waals surface area contributed by atoms with Crippen molar-refractivity contribution >= 4 is 33.3 Å². The summed E-state index contributed by atoms with van der Waals surface area (Å²) < 4.78 is 11.6. The van der Waals surface area contributed by atoms with E-state index in [1.54, 1.807) is 0 Å². The summed E-state index contributed by atoms with van der Waals surface area (Å²) in [5.74, 6) is 0.390. The first-order valence-corrected chi connectivity index (χ1v) is 11.7. The lowest BCUT2D eigenvalue weighted by Crippen LogP contribution is -2.29. The topological polar surface area (TPSA) is 85.5 Å². The van der Waals surface area contributed by atoms with E-state index in [2.05, 4.69) is 10.2 Å². The number of anilines is 1. The van der Waals surface area contributed by atoms with Crippen LogP contribution >= 0.6 is 11.3 Å². The molecule has 33 heavy (non-hydrogen) atoms. The van der Waals surface area contributed by atoms with Crippen LogP contribution in [0.15, 0.2) is 45.6 Å². The summed E-state index contributed by atoms with van der Waals surface area (Å²) in [4.78, 5) is 28.9. The highest BCUT2D eigenvalue weighted by atomic mass is 32.1. The number of benzene rings is 2. The number of aryl methyl sites for hydroxylation is 3. The van der Waals surface area contributed by atoms with Crippen molar-refractivity contribution in [1.29, 1.82) is 0 Å². The van der Waals surface area contributed by atoms with Gasteiger partial charge in [-0.15, -0.1) is 10.2 Å². The van der Waals surface area contributed by atoms with Gasteiger partial charge in [-0.1, -0.05) is 30.4 Å². The largest absolute Gasteiger partial charge is 0.494 e. The molecule has 0 bridgehead atoms. The van der Waals surface area contributed by atoms with Crippen LogP contribution in [-0.4, -0.2) is 22.7 Å². The minimum atomic E-state index is -0.664. The molecular formula is C25H23N3O4S. The average molecular weight is 462 g/mol. The lowest BCUT2D eigenvalue weighted by molar-refractivity contribution is 0.0970. The molecule has 0 aliphatic carbocycles. The number of rotatable bonds is 5.